The van der Waals surface area contributed by atoms with E-state index in [9.17, 15) is 5.11 Å². The Morgan fingerprint density at radius 3 is 2.67 bits per heavy atom. The molecule has 0 radical (unpaired) electrons. The van der Waals surface area contributed by atoms with Gasteiger partial charge in [0.1, 0.15) is 18.2 Å². The van der Waals surface area contributed by atoms with E-state index in [2.05, 4.69) is 20.7 Å². The summed E-state index contributed by atoms with van der Waals surface area (Å²) in [5, 5.41) is 13.7. The lowest BCUT2D eigenvalue weighted by atomic mass is 9.85. The molecule has 1 aromatic heterocycles. The number of hydrogen-bond donors (Lipinski definition) is 4. The Labute approximate surface area is 125 Å². The maximum Gasteiger partial charge on any atom is 0.158 e. The first kappa shape index (κ1) is 15.9. The van der Waals surface area contributed by atoms with E-state index in [0.717, 1.165) is 25.7 Å². The number of hydrazine groups is 1. The Kier molecular flexibility index (Phi) is 5.72. The van der Waals surface area contributed by atoms with Crippen molar-refractivity contribution in [3.63, 3.8) is 0 Å². The molecule has 0 unspecified atom stereocenters. The maximum absolute atomic E-state index is 10.5. The summed E-state index contributed by atoms with van der Waals surface area (Å²) in [6.45, 7) is 3.35. The van der Waals surface area contributed by atoms with Crippen LogP contribution in [0.15, 0.2) is 6.07 Å². The van der Waals surface area contributed by atoms with Gasteiger partial charge in [-0.25, -0.2) is 15.8 Å². The topological polar surface area (TPSA) is 105 Å². The molecule has 7 heteroatoms. The molecule has 118 valence electrons. The minimum Gasteiger partial charge on any atom is -0.388 e. The zero-order chi connectivity index (χ0) is 15.1. The lowest BCUT2D eigenvalue weighted by molar-refractivity contribution is 0.0166. The van der Waals surface area contributed by atoms with Crippen molar-refractivity contribution in [2.45, 2.75) is 51.2 Å². The van der Waals surface area contributed by atoms with E-state index >= 15 is 0 Å². The van der Waals surface area contributed by atoms with Crippen LogP contribution in [0.2, 0.25) is 0 Å². The number of nitrogens with zero attached hydrogens (tertiary/aromatic N) is 2. The maximum atomic E-state index is 10.5. The first-order valence-corrected chi connectivity index (χ1v) is 7.54. The van der Waals surface area contributed by atoms with Crippen LogP contribution in [0.3, 0.4) is 0 Å². The fraction of sp³-hybridized carbons (Fsp3) is 0.714. The Balaban J connectivity index is 2.00. The number of nitrogens with one attached hydrogen (secondary N) is 2. The number of nitrogens with two attached hydrogens (primary N) is 1. The fourth-order valence-corrected chi connectivity index (χ4v) is 2.56. The quantitative estimate of drug-likeness (QED) is 0.445. The van der Waals surface area contributed by atoms with Crippen LogP contribution in [0.4, 0.5) is 11.6 Å². The van der Waals surface area contributed by atoms with Crippen molar-refractivity contribution in [3.05, 3.63) is 11.9 Å². The van der Waals surface area contributed by atoms with Crippen LogP contribution in [0.1, 0.15) is 44.9 Å². The van der Waals surface area contributed by atoms with E-state index in [1.54, 1.807) is 6.07 Å². The minimum absolute atomic E-state index is 0.338. The predicted octanol–water partition coefficient (Wildman–Crippen LogP) is 1.41. The molecule has 0 aliphatic heterocycles. The minimum atomic E-state index is -0.639. The Bertz CT molecular complexity index is 449. The average molecular weight is 295 g/mol. The lowest BCUT2D eigenvalue weighted by Crippen LogP contribution is -2.39. The number of ether oxygens (including phenoxy) is 1. The molecule has 1 fully saturated rings. The highest BCUT2D eigenvalue weighted by molar-refractivity contribution is 5.47. The van der Waals surface area contributed by atoms with Gasteiger partial charge in [-0.3, -0.25) is 0 Å². The third kappa shape index (κ3) is 4.80. The molecule has 0 aromatic carbocycles. The highest BCUT2D eigenvalue weighted by Crippen LogP contribution is 2.28. The molecule has 7 nitrogen and oxygen atoms in total. The Morgan fingerprint density at radius 2 is 2.00 bits per heavy atom. The molecule has 21 heavy (non-hydrogen) atoms. The van der Waals surface area contributed by atoms with Crippen molar-refractivity contribution in [3.8, 4) is 0 Å². The summed E-state index contributed by atoms with van der Waals surface area (Å²) in [5.41, 5.74) is 1.88. The monoisotopic (exact) mass is 295 g/mol. The molecular weight excluding hydrogens is 270 g/mol. The van der Waals surface area contributed by atoms with Crippen LogP contribution in [-0.4, -0.2) is 33.8 Å². The number of rotatable bonds is 7. The highest BCUT2D eigenvalue weighted by Gasteiger charge is 2.28. The molecule has 1 aliphatic carbocycles. The smallest absolute Gasteiger partial charge is 0.158 e. The first-order chi connectivity index (χ1) is 10.1. The van der Waals surface area contributed by atoms with Crippen molar-refractivity contribution in [1.29, 1.82) is 0 Å². The van der Waals surface area contributed by atoms with Crippen molar-refractivity contribution >= 4 is 11.6 Å². The van der Waals surface area contributed by atoms with Gasteiger partial charge in [-0.15, -0.1) is 0 Å². The van der Waals surface area contributed by atoms with Gasteiger partial charge in [0.2, 0.25) is 0 Å². The van der Waals surface area contributed by atoms with Crippen molar-refractivity contribution in [2.75, 3.05) is 23.9 Å². The SMILES string of the molecule is CCOCc1nc(NN)cc(NCC2(O)CCCCC2)n1. The van der Waals surface area contributed by atoms with Crippen molar-refractivity contribution in [1.82, 2.24) is 9.97 Å². The average Bonchev–Trinajstić information content (AvgIpc) is 2.51. The van der Waals surface area contributed by atoms with Gasteiger partial charge in [0.15, 0.2) is 5.82 Å². The fourth-order valence-electron chi connectivity index (χ4n) is 2.56. The molecule has 1 aromatic rings. The van der Waals surface area contributed by atoms with Crippen molar-refractivity contribution < 1.29 is 9.84 Å². The normalized spacial score (nSPS) is 17.5. The molecule has 2 rings (SSSR count). The third-order valence-electron chi connectivity index (χ3n) is 3.74. The van der Waals surface area contributed by atoms with Crippen LogP contribution in [0.5, 0.6) is 0 Å². The highest BCUT2D eigenvalue weighted by atomic mass is 16.5. The zero-order valence-electron chi connectivity index (χ0n) is 12.6. The summed E-state index contributed by atoms with van der Waals surface area (Å²) in [7, 11) is 0. The first-order valence-electron chi connectivity index (χ1n) is 7.54. The van der Waals surface area contributed by atoms with Gasteiger partial charge in [0.05, 0.1) is 5.60 Å². The zero-order valence-corrected chi connectivity index (χ0v) is 12.6. The third-order valence-corrected chi connectivity index (χ3v) is 3.74. The molecule has 0 atom stereocenters. The second-order valence-corrected chi connectivity index (χ2v) is 5.47. The summed E-state index contributed by atoms with van der Waals surface area (Å²) < 4.78 is 5.32. The molecule has 1 aliphatic rings. The van der Waals surface area contributed by atoms with E-state index < -0.39 is 5.60 Å². The number of nitrogen functional groups attached to an aromatic ring is 1. The molecular formula is C14H25N5O2. The number of hydrogen-bond acceptors (Lipinski definition) is 7. The van der Waals surface area contributed by atoms with E-state index in [4.69, 9.17) is 10.6 Å². The largest absolute Gasteiger partial charge is 0.388 e. The van der Waals surface area contributed by atoms with Crippen LogP contribution >= 0.6 is 0 Å². The predicted molar refractivity (Wildman–Crippen MR) is 81.7 cm³/mol. The van der Waals surface area contributed by atoms with Crippen molar-refractivity contribution in [2.24, 2.45) is 5.84 Å². The van der Waals surface area contributed by atoms with E-state index in [-0.39, 0.29) is 0 Å². The van der Waals surface area contributed by atoms with E-state index in [1.165, 1.54) is 6.42 Å². The molecule has 0 bridgehead atoms. The number of anilines is 2. The van der Waals surface area contributed by atoms with E-state index in [1.807, 2.05) is 6.92 Å². The Morgan fingerprint density at radius 1 is 1.29 bits per heavy atom. The van der Waals surface area contributed by atoms with Crippen LogP contribution in [-0.2, 0) is 11.3 Å². The summed E-state index contributed by atoms with van der Waals surface area (Å²) in [6, 6.07) is 1.72. The number of aromatic nitrogens is 2. The van der Waals surface area contributed by atoms with Crippen LogP contribution < -0.4 is 16.6 Å². The molecule has 5 N–H and O–H groups in total. The number of aliphatic hydroxyl groups is 1. The second-order valence-electron chi connectivity index (χ2n) is 5.47. The van der Waals surface area contributed by atoms with Gasteiger partial charge in [-0.05, 0) is 19.8 Å². The van der Waals surface area contributed by atoms with Gasteiger partial charge in [-0.2, -0.15) is 0 Å². The van der Waals surface area contributed by atoms with Gasteiger partial charge in [0.25, 0.3) is 0 Å². The molecule has 0 amide bonds. The second kappa shape index (κ2) is 7.53. The molecule has 0 saturated heterocycles. The standard InChI is InChI=1S/C14H25N5O2/c1-2-21-9-13-17-11(8-12(18-13)19-15)16-10-14(20)6-4-3-5-7-14/h8,20H,2-7,9-10,15H2,1H3,(H2,16,17,18,19). The lowest BCUT2D eigenvalue weighted by Gasteiger charge is -2.32. The van der Waals surface area contributed by atoms with Crippen LogP contribution in [0.25, 0.3) is 0 Å². The summed E-state index contributed by atoms with van der Waals surface area (Å²) in [6.07, 6.45) is 5.02. The van der Waals surface area contributed by atoms with Gasteiger partial charge in [-0.1, -0.05) is 19.3 Å². The van der Waals surface area contributed by atoms with Gasteiger partial charge in [0, 0.05) is 19.2 Å². The Hall–Kier alpha value is -1.44. The van der Waals surface area contributed by atoms with Gasteiger partial charge >= 0.3 is 0 Å². The van der Waals surface area contributed by atoms with Gasteiger partial charge < -0.3 is 20.6 Å². The summed E-state index contributed by atoms with van der Waals surface area (Å²) in [4.78, 5) is 8.61. The summed E-state index contributed by atoms with van der Waals surface area (Å²) >= 11 is 0. The molecule has 0 spiro atoms. The molecule has 1 saturated carbocycles. The molecule has 1 heterocycles. The van der Waals surface area contributed by atoms with E-state index in [0.29, 0.717) is 37.2 Å². The van der Waals surface area contributed by atoms with Crippen LogP contribution in [0, 0.1) is 0 Å². The summed E-state index contributed by atoms with van der Waals surface area (Å²) in [5.74, 6) is 7.15.